The number of carbonyl (C=O) groups excluding carboxylic acids is 1. The number of nitrogens with one attached hydrogen (secondary N) is 1. The third-order valence-electron chi connectivity index (χ3n) is 4.64. The van der Waals surface area contributed by atoms with E-state index in [1.807, 2.05) is 60.7 Å². The molecule has 0 aliphatic carbocycles. The maximum Gasteiger partial charge on any atom is 0.274 e. The van der Waals surface area contributed by atoms with Crippen molar-refractivity contribution in [2.45, 2.75) is 11.4 Å². The molecular weight excluding hydrogens is 414 g/mol. The van der Waals surface area contributed by atoms with Crippen LogP contribution in [0.1, 0.15) is 16.1 Å². The zero-order valence-electron chi connectivity index (χ0n) is 16.3. The molecule has 0 unspecified atom stereocenters. The number of amides is 1. The van der Waals surface area contributed by atoms with Crippen molar-refractivity contribution < 1.29 is 13.2 Å². The van der Waals surface area contributed by atoms with Gasteiger partial charge in [0.2, 0.25) is 10.0 Å². The highest BCUT2D eigenvalue weighted by atomic mass is 32.2. The highest BCUT2D eigenvalue weighted by Gasteiger charge is 2.22. The second kappa shape index (κ2) is 8.50. The van der Waals surface area contributed by atoms with E-state index in [9.17, 15) is 13.2 Å². The van der Waals surface area contributed by atoms with E-state index in [4.69, 9.17) is 5.14 Å². The Labute approximate surface area is 179 Å². The third kappa shape index (κ3) is 4.52. The number of carbonyl (C=O) groups is 1. The van der Waals surface area contributed by atoms with Gasteiger partial charge in [0.1, 0.15) is 5.69 Å². The van der Waals surface area contributed by atoms with E-state index >= 15 is 0 Å². The van der Waals surface area contributed by atoms with Gasteiger partial charge in [-0.1, -0.05) is 65.9 Å². The monoisotopic (exact) mass is 433 g/mol. The molecule has 0 bridgehead atoms. The van der Waals surface area contributed by atoms with Crippen molar-refractivity contribution >= 4 is 15.9 Å². The quantitative estimate of drug-likeness (QED) is 0.484. The first-order valence-corrected chi connectivity index (χ1v) is 10.9. The summed E-state index contributed by atoms with van der Waals surface area (Å²) in [6.45, 7) is 0.191. The molecule has 31 heavy (non-hydrogen) atoms. The number of sulfonamides is 1. The van der Waals surface area contributed by atoms with Crippen LogP contribution >= 0.6 is 0 Å². The second-order valence-electron chi connectivity index (χ2n) is 6.77. The van der Waals surface area contributed by atoms with Crippen LogP contribution < -0.4 is 10.5 Å². The number of hydrogen-bond acceptors (Lipinski definition) is 5. The Morgan fingerprint density at radius 2 is 1.52 bits per heavy atom. The number of nitrogens with zero attached hydrogens (tertiary/aromatic N) is 3. The Morgan fingerprint density at radius 1 is 0.903 bits per heavy atom. The summed E-state index contributed by atoms with van der Waals surface area (Å²) in [7, 11) is -3.76. The molecule has 9 heteroatoms. The number of benzene rings is 3. The molecule has 0 aliphatic heterocycles. The van der Waals surface area contributed by atoms with Gasteiger partial charge >= 0.3 is 0 Å². The van der Waals surface area contributed by atoms with Gasteiger partial charge in [-0.15, -0.1) is 5.10 Å². The Balaban J connectivity index is 1.62. The standard InChI is InChI=1S/C22H19N5O3S/c23-31(29,30)19-13-11-16(12-14-19)15-24-22(28)20-21(17-7-3-1-4-8-17)27(26-25-20)18-9-5-2-6-10-18/h1-14H,15H2,(H,24,28)(H2,23,29,30). The van der Waals surface area contributed by atoms with Crippen molar-refractivity contribution in [1.82, 2.24) is 20.3 Å². The van der Waals surface area contributed by atoms with Gasteiger partial charge in [-0.3, -0.25) is 4.79 Å². The van der Waals surface area contributed by atoms with E-state index in [-0.39, 0.29) is 17.1 Å². The maximum absolute atomic E-state index is 12.9. The van der Waals surface area contributed by atoms with Crippen LogP contribution in [0.3, 0.4) is 0 Å². The first kappa shape index (κ1) is 20.5. The highest BCUT2D eigenvalue weighted by molar-refractivity contribution is 7.89. The molecule has 4 rings (SSSR count). The van der Waals surface area contributed by atoms with E-state index in [0.717, 1.165) is 16.8 Å². The largest absolute Gasteiger partial charge is 0.346 e. The molecule has 0 saturated carbocycles. The predicted octanol–water partition coefficient (Wildman–Crippen LogP) is 2.51. The first-order chi connectivity index (χ1) is 14.9. The lowest BCUT2D eigenvalue weighted by Crippen LogP contribution is -2.24. The summed E-state index contributed by atoms with van der Waals surface area (Å²) >= 11 is 0. The number of hydrogen-bond donors (Lipinski definition) is 2. The molecule has 0 fully saturated rings. The van der Waals surface area contributed by atoms with Crippen molar-refractivity contribution in [3.8, 4) is 16.9 Å². The van der Waals surface area contributed by atoms with Crippen molar-refractivity contribution in [2.24, 2.45) is 5.14 Å². The number of aromatic nitrogens is 3. The summed E-state index contributed by atoms with van der Waals surface area (Å²) in [4.78, 5) is 13.0. The predicted molar refractivity (Wildman–Crippen MR) is 116 cm³/mol. The second-order valence-corrected chi connectivity index (χ2v) is 8.33. The summed E-state index contributed by atoms with van der Waals surface area (Å²) in [6, 6.07) is 24.9. The molecule has 0 radical (unpaired) electrons. The minimum atomic E-state index is -3.76. The lowest BCUT2D eigenvalue weighted by Gasteiger charge is -2.09. The van der Waals surface area contributed by atoms with Crippen molar-refractivity contribution in [3.63, 3.8) is 0 Å². The number of primary sulfonamides is 1. The minimum Gasteiger partial charge on any atom is -0.346 e. The van der Waals surface area contributed by atoms with Gasteiger partial charge in [-0.25, -0.2) is 18.2 Å². The van der Waals surface area contributed by atoms with Crippen molar-refractivity contribution in [3.05, 3.63) is 96.2 Å². The lowest BCUT2D eigenvalue weighted by molar-refractivity contribution is 0.0946. The van der Waals surface area contributed by atoms with E-state index in [1.54, 1.807) is 16.8 Å². The molecule has 1 amide bonds. The molecular formula is C22H19N5O3S. The van der Waals surface area contributed by atoms with E-state index < -0.39 is 15.9 Å². The molecule has 0 aliphatic rings. The van der Waals surface area contributed by atoms with Crippen LogP contribution in [-0.2, 0) is 16.6 Å². The molecule has 4 aromatic rings. The van der Waals surface area contributed by atoms with Crippen LogP contribution in [0, 0.1) is 0 Å². The van der Waals surface area contributed by atoms with E-state index in [0.29, 0.717) is 5.69 Å². The van der Waals surface area contributed by atoms with Gasteiger partial charge < -0.3 is 5.32 Å². The maximum atomic E-state index is 12.9. The molecule has 3 N–H and O–H groups in total. The minimum absolute atomic E-state index is 0.0137. The summed E-state index contributed by atoms with van der Waals surface area (Å²) in [5, 5.41) is 16.3. The fraction of sp³-hybridized carbons (Fsp3) is 0.0455. The number of para-hydroxylation sites is 1. The fourth-order valence-electron chi connectivity index (χ4n) is 3.10. The van der Waals surface area contributed by atoms with Crippen LogP contribution in [-0.4, -0.2) is 29.3 Å². The van der Waals surface area contributed by atoms with Crippen molar-refractivity contribution in [1.29, 1.82) is 0 Å². The SMILES string of the molecule is NS(=O)(=O)c1ccc(CNC(=O)c2nnn(-c3ccccc3)c2-c2ccccc2)cc1. The Morgan fingerprint density at radius 3 is 2.13 bits per heavy atom. The lowest BCUT2D eigenvalue weighted by atomic mass is 10.1. The van der Waals surface area contributed by atoms with Crippen LogP contribution in [0.15, 0.2) is 89.8 Å². The normalized spacial score (nSPS) is 11.3. The smallest absolute Gasteiger partial charge is 0.274 e. The fourth-order valence-corrected chi connectivity index (χ4v) is 3.62. The average Bonchev–Trinajstić information content (AvgIpc) is 3.24. The number of rotatable bonds is 6. The van der Waals surface area contributed by atoms with Crippen LogP contribution in [0.2, 0.25) is 0 Å². The molecule has 1 aromatic heterocycles. The van der Waals surface area contributed by atoms with Gasteiger partial charge in [-0.05, 0) is 29.8 Å². The van der Waals surface area contributed by atoms with Crippen LogP contribution in [0.4, 0.5) is 0 Å². The zero-order chi connectivity index (χ0) is 21.8. The van der Waals surface area contributed by atoms with Gasteiger partial charge in [0.25, 0.3) is 5.91 Å². The van der Waals surface area contributed by atoms with Crippen molar-refractivity contribution in [2.75, 3.05) is 0 Å². The summed E-state index contributed by atoms with van der Waals surface area (Å²) in [5.41, 5.74) is 3.08. The van der Waals surface area contributed by atoms with Gasteiger partial charge in [0.15, 0.2) is 5.69 Å². The molecule has 8 nitrogen and oxygen atoms in total. The van der Waals surface area contributed by atoms with Gasteiger partial charge in [0, 0.05) is 12.1 Å². The molecule has 0 atom stereocenters. The van der Waals surface area contributed by atoms with Gasteiger partial charge in [-0.2, -0.15) is 0 Å². The summed E-state index contributed by atoms with van der Waals surface area (Å²) < 4.78 is 24.4. The molecule has 156 valence electrons. The highest BCUT2D eigenvalue weighted by Crippen LogP contribution is 2.25. The molecule has 1 heterocycles. The van der Waals surface area contributed by atoms with Crippen LogP contribution in [0.25, 0.3) is 16.9 Å². The Bertz CT molecular complexity index is 1300. The van der Waals surface area contributed by atoms with Crippen LogP contribution in [0.5, 0.6) is 0 Å². The first-order valence-electron chi connectivity index (χ1n) is 9.40. The Hall–Kier alpha value is -3.82. The summed E-state index contributed by atoms with van der Waals surface area (Å²) in [6.07, 6.45) is 0. The Kier molecular flexibility index (Phi) is 5.61. The number of nitrogens with two attached hydrogens (primary N) is 1. The van der Waals surface area contributed by atoms with Gasteiger partial charge in [0.05, 0.1) is 10.6 Å². The van der Waals surface area contributed by atoms with E-state index in [1.165, 1.54) is 12.1 Å². The molecule has 0 saturated heterocycles. The summed E-state index contributed by atoms with van der Waals surface area (Å²) in [5.74, 6) is -0.392. The van der Waals surface area contributed by atoms with E-state index in [2.05, 4.69) is 15.6 Å². The topological polar surface area (TPSA) is 120 Å². The third-order valence-corrected chi connectivity index (χ3v) is 5.57. The average molecular weight is 433 g/mol. The zero-order valence-corrected chi connectivity index (χ0v) is 17.2. The molecule has 0 spiro atoms. The molecule has 3 aromatic carbocycles.